The Kier molecular flexibility index (Phi) is 5.83. The Hall–Kier alpha value is -3.00. The zero-order valence-electron chi connectivity index (χ0n) is 17.3. The Balaban J connectivity index is 2.24. The van der Waals surface area contributed by atoms with Crippen LogP contribution < -0.4 is 16.4 Å². The van der Waals surface area contributed by atoms with E-state index in [1.165, 1.54) is 10.5 Å². The van der Waals surface area contributed by atoms with Crippen molar-refractivity contribution in [3.63, 3.8) is 0 Å². The second kappa shape index (κ2) is 8.16. The lowest BCUT2D eigenvalue weighted by Crippen LogP contribution is -2.43. The van der Waals surface area contributed by atoms with Crippen LogP contribution in [0.1, 0.15) is 44.5 Å². The van der Waals surface area contributed by atoms with Crippen molar-refractivity contribution in [3.05, 3.63) is 51.9 Å². The standard InChI is InChI=1S/C21H27N5O3/c1-5-29-12-8-11-26-17(22)14(19(27)24-21(2,3)4)13-15-18(26)23-16-9-6-7-10-25(16)20(15)28/h6-7,9-10,13,22H,5,8,11-12H2,1-4H3,(H,24,27). The van der Waals surface area contributed by atoms with Crippen molar-refractivity contribution in [2.75, 3.05) is 13.2 Å². The van der Waals surface area contributed by atoms with Gasteiger partial charge in [0.2, 0.25) is 0 Å². The number of pyridine rings is 2. The maximum absolute atomic E-state index is 13.1. The van der Waals surface area contributed by atoms with Gasteiger partial charge in [0.15, 0.2) is 0 Å². The minimum atomic E-state index is -0.463. The Morgan fingerprint density at radius 2 is 2.07 bits per heavy atom. The molecule has 0 unspecified atom stereocenters. The maximum Gasteiger partial charge on any atom is 0.267 e. The van der Waals surface area contributed by atoms with Gasteiger partial charge in [0.25, 0.3) is 11.5 Å². The third-order valence-electron chi connectivity index (χ3n) is 4.43. The summed E-state index contributed by atoms with van der Waals surface area (Å²) < 4.78 is 8.48. The first-order valence-electron chi connectivity index (χ1n) is 9.72. The molecule has 8 heteroatoms. The molecule has 29 heavy (non-hydrogen) atoms. The summed E-state index contributed by atoms with van der Waals surface area (Å²) in [6.07, 6.45) is 2.28. The minimum absolute atomic E-state index is 0.0305. The van der Waals surface area contributed by atoms with E-state index in [4.69, 9.17) is 10.1 Å². The fourth-order valence-electron chi connectivity index (χ4n) is 3.15. The SMILES string of the molecule is CCOCCCn1c(=N)c(C(=O)NC(C)(C)C)cc2c(=O)n3ccccc3nc21. The van der Waals surface area contributed by atoms with Crippen LogP contribution in [-0.4, -0.2) is 38.6 Å². The van der Waals surface area contributed by atoms with E-state index in [1.54, 1.807) is 29.0 Å². The number of nitrogens with one attached hydrogen (secondary N) is 2. The first-order valence-corrected chi connectivity index (χ1v) is 9.72. The molecule has 0 bridgehead atoms. The van der Waals surface area contributed by atoms with E-state index in [0.717, 1.165) is 0 Å². The Morgan fingerprint density at radius 3 is 2.76 bits per heavy atom. The summed E-state index contributed by atoms with van der Waals surface area (Å²) in [5, 5.41) is 11.8. The highest BCUT2D eigenvalue weighted by Crippen LogP contribution is 2.12. The smallest absolute Gasteiger partial charge is 0.267 e. The Labute approximate surface area is 168 Å². The van der Waals surface area contributed by atoms with Gasteiger partial charge in [-0.3, -0.25) is 19.4 Å². The number of aromatic nitrogens is 3. The summed E-state index contributed by atoms with van der Waals surface area (Å²) in [7, 11) is 0. The van der Waals surface area contributed by atoms with Crippen LogP contribution in [0.25, 0.3) is 16.7 Å². The van der Waals surface area contributed by atoms with Gasteiger partial charge < -0.3 is 14.6 Å². The van der Waals surface area contributed by atoms with Crippen LogP contribution in [0.15, 0.2) is 35.3 Å². The molecule has 1 amide bonds. The average Bonchev–Trinajstić information content (AvgIpc) is 2.65. The van der Waals surface area contributed by atoms with Gasteiger partial charge in [-0.15, -0.1) is 0 Å². The summed E-state index contributed by atoms with van der Waals surface area (Å²) in [6.45, 7) is 9.08. The molecular formula is C21H27N5O3. The van der Waals surface area contributed by atoms with Crippen molar-refractivity contribution < 1.29 is 9.53 Å². The normalized spacial score (nSPS) is 11.9. The predicted octanol–water partition coefficient (Wildman–Crippen LogP) is 2.08. The quantitative estimate of drug-likeness (QED) is 0.491. The van der Waals surface area contributed by atoms with Crippen LogP contribution >= 0.6 is 0 Å². The molecule has 154 valence electrons. The van der Waals surface area contributed by atoms with Crippen LogP contribution in [0.5, 0.6) is 0 Å². The number of carbonyl (C=O) groups is 1. The highest BCUT2D eigenvalue weighted by atomic mass is 16.5. The first-order chi connectivity index (χ1) is 13.7. The van der Waals surface area contributed by atoms with E-state index in [-0.39, 0.29) is 22.5 Å². The Bertz CT molecular complexity index is 1170. The minimum Gasteiger partial charge on any atom is -0.382 e. The summed E-state index contributed by atoms with van der Waals surface area (Å²) in [6, 6.07) is 6.78. The molecule has 0 aliphatic carbocycles. The zero-order valence-corrected chi connectivity index (χ0v) is 17.3. The molecule has 0 saturated heterocycles. The number of carbonyl (C=O) groups excluding carboxylic acids is 1. The lowest BCUT2D eigenvalue weighted by atomic mass is 10.1. The molecule has 0 aliphatic rings. The molecule has 3 aromatic rings. The molecule has 0 aliphatic heterocycles. The fourth-order valence-corrected chi connectivity index (χ4v) is 3.15. The third kappa shape index (κ3) is 4.37. The summed E-state index contributed by atoms with van der Waals surface area (Å²) >= 11 is 0. The average molecular weight is 397 g/mol. The highest BCUT2D eigenvalue weighted by molar-refractivity contribution is 5.97. The summed E-state index contributed by atoms with van der Waals surface area (Å²) in [5.41, 5.74) is 0.343. The van der Waals surface area contributed by atoms with Gasteiger partial charge in [0.1, 0.15) is 16.8 Å². The highest BCUT2D eigenvalue weighted by Gasteiger charge is 2.20. The van der Waals surface area contributed by atoms with E-state index < -0.39 is 5.54 Å². The van der Waals surface area contributed by atoms with Crippen LogP contribution in [0.3, 0.4) is 0 Å². The second-order valence-electron chi connectivity index (χ2n) is 7.90. The molecule has 2 N–H and O–H groups in total. The van der Waals surface area contributed by atoms with Gasteiger partial charge in [-0.05, 0) is 52.3 Å². The predicted molar refractivity (Wildman–Crippen MR) is 111 cm³/mol. The summed E-state index contributed by atoms with van der Waals surface area (Å²) in [4.78, 5) is 30.5. The molecule has 3 rings (SSSR count). The maximum atomic E-state index is 13.1. The van der Waals surface area contributed by atoms with E-state index in [9.17, 15) is 9.59 Å². The number of nitrogens with zero attached hydrogens (tertiary/aromatic N) is 3. The lowest BCUT2D eigenvalue weighted by Gasteiger charge is -2.21. The van der Waals surface area contributed by atoms with Crippen LogP contribution in [0, 0.1) is 5.41 Å². The fraction of sp³-hybridized carbons (Fsp3) is 0.429. The number of amides is 1. The topological polar surface area (TPSA) is 101 Å². The van der Waals surface area contributed by atoms with Crippen molar-refractivity contribution in [1.82, 2.24) is 19.3 Å². The molecule has 3 heterocycles. The van der Waals surface area contributed by atoms with Crippen LogP contribution in [-0.2, 0) is 11.3 Å². The van der Waals surface area contributed by atoms with Crippen molar-refractivity contribution in [2.24, 2.45) is 0 Å². The molecule has 3 aromatic heterocycles. The summed E-state index contributed by atoms with van der Waals surface area (Å²) in [5.74, 6) is -0.388. The van der Waals surface area contributed by atoms with Crippen molar-refractivity contribution in [3.8, 4) is 0 Å². The molecule has 0 radical (unpaired) electrons. The number of aryl methyl sites for hydroxylation is 1. The monoisotopic (exact) mass is 397 g/mol. The number of fused-ring (bicyclic) bond motifs is 2. The van der Waals surface area contributed by atoms with E-state index in [0.29, 0.717) is 42.9 Å². The lowest BCUT2D eigenvalue weighted by molar-refractivity contribution is 0.0917. The molecule has 0 aromatic carbocycles. The number of ether oxygens (including phenoxy) is 1. The Morgan fingerprint density at radius 1 is 1.31 bits per heavy atom. The van der Waals surface area contributed by atoms with Crippen LogP contribution in [0.2, 0.25) is 0 Å². The van der Waals surface area contributed by atoms with E-state index >= 15 is 0 Å². The number of rotatable bonds is 6. The third-order valence-corrected chi connectivity index (χ3v) is 4.43. The molecule has 0 saturated carbocycles. The largest absolute Gasteiger partial charge is 0.382 e. The van der Waals surface area contributed by atoms with Gasteiger partial charge >= 0.3 is 0 Å². The van der Waals surface area contributed by atoms with Crippen molar-refractivity contribution in [2.45, 2.75) is 46.2 Å². The van der Waals surface area contributed by atoms with Crippen molar-refractivity contribution >= 4 is 22.6 Å². The van der Waals surface area contributed by atoms with Crippen molar-refractivity contribution in [1.29, 1.82) is 5.41 Å². The molecule has 0 spiro atoms. The van der Waals surface area contributed by atoms with E-state index in [2.05, 4.69) is 10.3 Å². The van der Waals surface area contributed by atoms with Gasteiger partial charge in [-0.1, -0.05) is 6.07 Å². The number of hydrogen-bond donors (Lipinski definition) is 2. The molecule has 0 fully saturated rings. The molecule has 8 nitrogen and oxygen atoms in total. The van der Waals surface area contributed by atoms with Gasteiger partial charge in [-0.25, -0.2) is 4.98 Å². The number of hydrogen-bond acceptors (Lipinski definition) is 5. The molecular weight excluding hydrogens is 370 g/mol. The van der Waals surface area contributed by atoms with Gasteiger partial charge in [0, 0.05) is 31.5 Å². The van der Waals surface area contributed by atoms with Gasteiger partial charge in [-0.2, -0.15) is 0 Å². The molecule has 0 atom stereocenters. The van der Waals surface area contributed by atoms with Crippen LogP contribution in [0.4, 0.5) is 0 Å². The van der Waals surface area contributed by atoms with Gasteiger partial charge in [0.05, 0.1) is 10.9 Å². The zero-order chi connectivity index (χ0) is 21.2. The first kappa shape index (κ1) is 20.7. The second-order valence-corrected chi connectivity index (χ2v) is 7.90. The van der Waals surface area contributed by atoms with E-state index in [1.807, 2.05) is 27.7 Å².